The number of benzene rings is 2. The van der Waals surface area contributed by atoms with Gasteiger partial charge in [-0.05, 0) is 41.8 Å². The molecule has 0 saturated heterocycles. The summed E-state index contributed by atoms with van der Waals surface area (Å²) in [5.74, 6) is -0.173. The molecule has 2 N–H and O–H groups in total. The second kappa shape index (κ2) is 7.22. The highest BCUT2D eigenvalue weighted by Crippen LogP contribution is 2.23. The number of allylic oxidation sites excluding steroid dienone is 2. The molecule has 126 valence electrons. The Morgan fingerprint density at radius 1 is 1.16 bits per heavy atom. The molecule has 1 aliphatic rings. The summed E-state index contributed by atoms with van der Waals surface area (Å²) in [7, 11) is 0. The Morgan fingerprint density at radius 3 is 2.72 bits per heavy atom. The first-order valence-electron chi connectivity index (χ1n) is 8.16. The number of nitrogens with one attached hydrogen (secondary N) is 2. The molecule has 0 unspecified atom stereocenters. The van der Waals surface area contributed by atoms with Gasteiger partial charge in [0.25, 0.3) is 0 Å². The van der Waals surface area contributed by atoms with Crippen molar-refractivity contribution in [2.75, 3.05) is 0 Å². The number of hydrogen-bond donors (Lipinski definition) is 2. The maximum absolute atomic E-state index is 14.2. The lowest BCUT2D eigenvalue weighted by Crippen LogP contribution is -2.16. The Balaban J connectivity index is 1.87. The van der Waals surface area contributed by atoms with Gasteiger partial charge >= 0.3 is 0 Å². The largest absolute Gasteiger partial charge is 0.362 e. The molecule has 0 amide bonds. The first-order chi connectivity index (χ1) is 12.0. The lowest BCUT2D eigenvalue weighted by atomic mass is 9.95. The first-order valence-corrected chi connectivity index (χ1v) is 8.16. The van der Waals surface area contributed by atoms with Crippen LogP contribution >= 0.6 is 0 Å². The molecule has 0 aromatic heterocycles. The maximum Gasteiger partial charge on any atom is 0.126 e. The molecular weight excluding hydrogens is 311 g/mol. The van der Waals surface area contributed by atoms with Crippen LogP contribution in [-0.2, 0) is 6.42 Å². The van der Waals surface area contributed by atoms with Gasteiger partial charge in [0.2, 0.25) is 0 Å². The fraction of sp³-hybridized carbons (Fsp3) is 0.0909. The summed E-state index contributed by atoms with van der Waals surface area (Å²) in [6.07, 6.45) is 6.18. The Bertz CT molecular complexity index is 870. The zero-order valence-electron chi connectivity index (χ0n) is 14.3. The zero-order chi connectivity index (χ0) is 17.8. The van der Waals surface area contributed by atoms with E-state index in [4.69, 9.17) is 0 Å². The van der Waals surface area contributed by atoms with Gasteiger partial charge in [0.1, 0.15) is 5.82 Å². The average molecular weight is 332 g/mol. The Labute approximate surface area is 148 Å². The topological polar surface area (TPSA) is 24.1 Å². The van der Waals surface area contributed by atoms with Crippen molar-refractivity contribution in [3.05, 3.63) is 113 Å². The van der Waals surface area contributed by atoms with E-state index >= 15 is 0 Å². The molecule has 1 heterocycles. The normalized spacial score (nSPS) is 13.2. The lowest BCUT2D eigenvalue weighted by molar-refractivity contribution is 0.612. The van der Waals surface area contributed by atoms with Crippen LogP contribution in [0.3, 0.4) is 0 Å². The van der Waals surface area contributed by atoms with Gasteiger partial charge in [-0.15, -0.1) is 0 Å². The smallest absolute Gasteiger partial charge is 0.126 e. The summed E-state index contributed by atoms with van der Waals surface area (Å²) in [5.41, 5.74) is 6.17. The van der Waals surface area contributed by atoms with E-state index in [1.165, 1.54) is 6.07 Å². The van der Waals surface area contributed by atoms with Crippen molar-refractivity contribution in [2.24, 2.45) is 0 Å². The maximum atomic E-state index is 14.2. The molecule has 0 atom stereocenters. The predicted octanol–water partition coefficient (Wildman–Crippen LogP) is 4.80. The highest BCUT2D eigenvalue weighted by Gasteiger charge is 2.12. The van der Waals surface area contributed by atoms with E-state index in [1.54, 1.807) is 6.07 Å². The van der Waals surface area contributed by atoms with E-state index in [2.05, 4.69) is 23.8 Å². The summed E-state index contributed by atoms with van der Waals surface area (Å²) < 4.78 is 14.2. The predicted molar refractivity (Wildman–Crippen MR) is 102 cm³/mol. The van der Waals surface area contributed by atoms with Crippen molar-refractivity contribution >= 4 is 5.70 Å². The fourth-order valence-corrected chi connectivity index (χ4v) is 2.88. The van der Waals surface area contributed by atoms with Gasteiger partial charge in [0.05, 0.1) is 0 Å². The third-order valence-electron chi connectivity index (χ3n) is 4.22. The van der Waals surface area contributed by atoms with Crippen molar-refractivity contribution < 1.29 is 4.39 Å². The van der Waals surface area contributed by atoms with Crippen LogP contribution in [0.15, 0.2) is 85.4 Å². The highest BCUT2D eigenvalue weighted by molar-refractivity contribution is 5.67. The molecule has 0 bridgehead atoms. The Morgan fingerprint density at radius 2 is 1.96 bits per heavy atom. The first kappa shape index (κ1) is 16.8. The minimum atomic E-state index is -0.173. The number of aryl methyl sites for hydroxylation is 1. The molecule has 2 aromatic carbocycles. The monoisotopic (exact) mass is 332 g/mol. The van der Waals surface area contributed by atoms with Gasteiger partial charge < -0.3 is 10.6 Å². The average Bonchev–Trinajstić information content (AvgIpc) is 2.58. The highest BCUT2D eigenvalue weighted by atomic mass is 19.1. The van der Waals surface area contributed by atoms with Gasteiger partial charge in [0, 0.05) is 35.3 Å². The van der Waals surface area contributed by atoms with E-state index < -0.39 is 0 Å². The molecule has 0 fully saturated rings. The van der Waals surface area contributed by atoms with Gasteiger partial charge in [-0.25, -0.2) is 4.39 Å². The number of dihydropyridines is 1. The molecule has 0 radical (unpaired) electrons. The molecule has 25 heavy (non-hydrogen) atoms. The molecule has 0 aliphatic carbocycles. The van der Waals surface area contributed by atoms with Crippen molar-refractivity contribution in [2.45, 2.75) is 13.3 Å². The van der Waals surface area contributed by atoms with Gasteiger partial charge in [-0.3, -0.25) is 0 Å². The quantitative estimate of drug-likeness (QED) is 0.822. The number of hydrogen-bond acceptors (Lipinski definition) is 2. The number of halogens is 1. The van der Waals surface area contributed by atoms with E-state index in [9.17, 15) is 4.39 Å². The van der Waals surface area contributed by atoms with Crippen LogP contribution in [0.25, 0.3) is 5.70 Å². The van der Waals surface area contributed by atoms with Crippen LogP contribution in [0.4, 0.5) is 4.39 Å². The summed E-state index contributed by atoms with van der Waals surface area (Å²) in [4.78, 5) is 0. The second-order valence-electron chi connectivity index (χ2n) is 6.08. The van der Waals surface area contributed by atoms with E-state index in [-0.39, 0.29) is 5.82 Å². The van der Waals surface area contributed by atoms with Gasteiger partial charge in [-0.2, -0.15) is 0 Å². The molecule has 3 rings (SSSR count). The molecule has 2 nitrogen and oxygen atoms in total. The van der Waals surface area contributed by atoms with Crippen molar-refractivity contribution in [3.63, 3.8) is 0 Å². The molecule has 2 aromatic rings. The van der Waals surface area contributed by atoms with Crippen LogP contribution in [0.5, 0.6) is 0 Å². The van der Waals surface area contributed by atoms with E-state index in [1.807, 2.05) is 55.6 Å². The van der Waals surface area contributed by atoms with Crippen LogP contribution in [0.2, 0.25) is 0 Å². The number of rotatable bonds is 5. The standard InChI is InChI=1S/C22H21FN2/c1-15-7-6-10-22(23)21(15)14-18-8-4-5-9-20(18)17(3)25-19-11-12-24-16(2)13-19/h4-13,24-25H,2-3,14H2,1H3. The minimum Gasteiger partial charge on any atom is -0.362 e. The Hall–Kier alpha value is -3.07. The summed E-state index contributed by atoms with van der Waals surface area (Å²) >= 11 is 0. The minimum absolute atomic E-state index is 0.173. The fourth-order valence-electron chi connectivity index (χ4n) is 2.88. The zero-order valence-corrected chi connectivity index (χ0v) is 14.3. The second-order valence-corrected chi connectivity index (χ2v) is 6.08. The van der Waals surface area contributed by atoms with E-state index in [0.717, 1.165) is 39.3 Å². The summed E-state index contributed by atoms with van der Waals surface area (Å²) in [6, 6.07) is 13.1. The van der Waals surface area contributed by atoms with Crippen LogP contribution in [0.1, 0.15) is 22.3 Å². The molecule has 0 spiro atoms. The third kappa shape index (κ3) is 3.89. The lowest BCUT2D eigenvalue weighted by Gasteiger charge is -2.18. The Kier molecular flexibility index (Phi) is 4.85. The molecular formula is C22H21FN2. The van der Waals surface area contributed by atoms with Crippen LogP contribution in [-0.4, -0.2) is 0 Å². The molecule has 1 aliphatic heterocycles. The van der Waals surface area contributed by atoms with Crippen molar-refractivity contribution in [1.29, 1.82) is 0 Å². The third-order valence-corrected chi connectivity index (χ3v) is 4.22. The van der Waals surface area contributed by atoms with Crippen LogP contribution in [0, 0.1) is 12.7 Å². The molecule has 0 saturated carbocycles. The molecule has 3 heteroatoms. The summed E-state index contributed by atoms with van der Waals surface area (Å²) in [5, 5.41) is 6.32. The SMILES string of the molecule is C=C1C=C(NC(=C)c2ccccc2Cc2c(C)cccc2F)C=CN1. The van der Waals surface area contributed by atoms with E-state index in [0.29, 0.717) is 6.42 Å². The van der Waals surface area contributed by atoms with Gasteiger partial charge in [-0.1, -0.05) is 49.6 Å². The summed E-state index contributed by atoms with van der Waals surface area (Å²) in [6.45, 7) is 9.98. The van der Waals surface area contributed by atoms with Gasteiger partial charge in [0.15, 0.2) is 0 Å². The van der Waals surface area contributed by atoms with Crippen LogP contribution < -0.4 is 10.6 Å². The van der Waals surface area contributed by atoms with Crippen molar-refractivity contribution in [1.82, 2.24) is 10.6 Å². The van der Waals surface area contributed by atoms with Crippen molar-refractivity contribution in [3.8, 4) is 0 Å².